The Morgan fingerprint density at radius 1 is 1.50 bits per heavy atom. The lowest BCUT2D eigenvalue weighted by molar-refractivity contribution is -0.0493. The summed E-state index contributed by atoms with van der Waals surface area (Å²) in [5, 5.41) is 3.79. The van der Waals surface area contributed by atoms with Crippen molar-refractivity contribution >= 4 is 22.6 Å². The molecule has 1 aromatic carbocycles. The third-order valence-electron chi connectivity index (χ3n) is 2.53. The second-order valence-electron chi connectivity index (χ2n) is 3.81. The first-order chi connectivity index (χ1) is 8.69. The van der Waals surface area contributed by atoms with Crippen molar-refractivity contribution in [1.82, 2.24) is 0 Å². The second-order valence-corrected chi connectivity index (χ2v) is 4.82. The van der Waals surface area contributed by atoms with Crippen molar-refractivity contribution < 1.29 is 13.5 Å². The third kappa shape index (κ3) is 3.35. The largest absolute Gasteiger partial charge is 0.433 e. The van der Waals surface area contributed by atoms with Crippen LogP contribution in [0.1, 0.15) is 13.3 Å². The first-order valence-electron chi connectivity index (χ1n) is 5.70. The predicted octanol–water partition coefficient (Wildman–Crippen LogP) is 3.58. The molecule has 1 heterocycles. The predicted molar refractivity (Wildman–Crippen MR) is 70.7 cm³/mol. The van der Waals surface area contributed by atoms with Gasteiger partial charge >= 0.3 is 6.61 Å². The van der Waals surface area contributed by atoms with Crippen LogP contribution in [0.4, 0.5) is 14.5 Å². The van der Waals surface area contributed by atoms with E-state index in [1.54, 1.807) is 30.0 Å². The van der Waals surface area contributed by atoms with Gasteiger partial charge in [0.25, 0.3) is 0 Å². The lowest BCUT2D eigenvalue weighted by Gasteiger charge is -2.11. The maximum absolute atomic E-state index is 12.2. The summed E-state index contributed by atoms with van der Waals surface area (Å²) in [4.78, 5) is 4.45. The maximum atomic E-state index is 12.2. The van der Waals surface area contributed by atoms with Crippen molar-refractivity contribution in [1.29, 1.82) is 0 Å². The van der Waals surface area contributed by atoms with Crippen LogP contribution in [0, 0.1) is 0 Å². The Morgan fingerprint density at radius 2 is 2.28 bits per heavy atom. The molecule has 1 atom stereocenters. The molecule has 1 aromatic rings. The van der Waals surface area contributed by atoms with E-state index in [-0.39, 0.29) is 5.75 Å². The third-order valence-corrected chi connectivity index (χ3v) is 3.56. The first kappa shape index (κ1) is 13.1. The van der Waals surface area contributed by atoms with Crippen LogP contribution >= 0.6 is 11.8 Å². The van der Waals surface area contributed by atoms with E-state index >= 15 is 0 Å². The van der Waals surface area contributed by atoms with E-state index in [4.69, 9.17) is 0 Å². The van der Waals surface area contributed by atoms with Crippen LogP contribution in [0.2, 0.25) is 0 Å². The number of nitrogens with zero attached hydrogens (tertiary/aromatic N) is 1. The Kier molecular flexibility index (Phi) is 4.41. The van der Waals surface area contributed by atoms with Crippen LogP contribution in [0.25, 0.3) is 0 Å². The van der Waals surface area contributed by atoms with Crippen molar-refractivity contribution in [3.63, 3.8) is 0 Å². The molecule has 18 heavy (non-hydrogen) atoms. The minimum Gasteiger partial charge on any atom is -0.433 e. The minimum absolute atomic E-state index is 0.135. The number of aliphatic imine (C=N–C) groups is 1. The lowest BCUT2D eigenvalue weighted by Crippen LogP contribution is -2.09. The van der Waals surface area contributed by atoms with E-state index < -0.39 is 6.61 Å². The highest BCUT2D eigenvalue weighted by molar-refractivity contribution is 8.14. The Balaban J connectivity index is 2.09. The number of rotatable bonds is 4. The smallest absolute Gasteiger partial charge is 0.387 e. The van der Waals surface area contributed by atoms with E-state index in [1.807, 2.05) is 0 Å². The van der Waals surface area contributed by atoms with Gasteiger partial charge in [0.05, 0.1) is 11.7 Å². The number of hydrogen-bond donors (Lipinski definition) is 1. The normalized spacial score (nSPS) is 18.9. The van der Waals surface area contributed by atoms with Crippen molar-refractivity contribution in [3.05, 3.63) is 24.3 Å². The highest BCUT2D eigenvalue weighted by atomic mass is 32.2. The van der Waals surface area contributed by atoms with Gasteiger partial charge in [-0.2, -0.15) is 8.78 Å². The molecule has 1 aliphatic rings. The van der Waals surface area contributed by atoms with Gasteiger partial charge in [-0.15, -0.1) is 0 Å². The summed E-state index contributed by atoms with van der Waals surface area (Å²) in [6, 6.07) is 6.92. The number of anilines is 1. The number of benzene rings is 1. The van der Waals surface area contributed by atoms with Gasteiger partial charge in [0.2, 0.25) is 0 Å². The fourth-order valence-electron chi connectivity index (χ4n) is 1.58. The zero-order valence-electron chi connectivity index (χ0n) is 9.90. The first-order valence-corrected chi connectivity index (χ1v) is 6.69. The Hall–Kier alpha value is -1.30. The van der Waals surface area contributed by atoms with Gasteiger partial charge in [0, 0.05) is 5.75 Å². The SMILES string of the molecule is CCC1CSC(Nc2ccccc2OC(F)F)=N1. The highest BCUT2D eigenvalue weighted by Crippen LogP contribution is 2.28. The molecule has 3 nitrogen and oxygen atoms in total. The monoisotopic (exact) mass is 272 g/mol. The van der Waals surface area contributed by atoms with Crippen LogP contribution in [0.15, 0.2) is 29.3 Å². The second kappa shape index (κ2) is 6.04. The number of nitrogens with one attached hydrogen (secondary N) is 1. The van der Waals surface area contributed by atoms with Gasteiger partial charge in [0.1, 0.15) is 5.75 Å². The summed E-state index contributed by atoms with van der Waals surface area (Å²) in [6.45, 7) is -0.750. The molecule has 0 radical (unpaired) electrons. The number of amidine groups is 1. The molecule has 0 spiro atoms. The molecule has 0 saturated heterocycles. The molecule has 2 rings (SSSR count). The quantitative estimate of drug-likeness (QED) is 0.909. The van der Waals surface area contributed by atoms with Crippen molar-refractivity contribution in [2.45, 2.75) is 26.0 Å². The van der Waals surface area contributed by atoms with E-state index in [0.717, 1.165) is 17.3 Å². The van der Waals surface area contributed by atoms with Gasteiger partial charge in [-0.3, -0.25) is 4.99 Å². The summed E-state index contributed by atoms with van der Waals surface area (Å²) in [5.41, 5.74) is 0.515. The number of halogens is 2. The molecule has 0 aliphatic carbocycles. The Morgan fingerprint density at radius 3 is 2.94 bits per heavy atom. The molecule has 98 valence electrons. The molecule has 1 N–H and O–H groups in total. The topological polar surface area (TPSA) is 33.6 Å². The average molecular weight is 272 g/mol. The molecule has 0 saturated carbocycles. The summed E-state index contributed by atoms with van der Waals surface area (Å²) < 4.78 is 28.9. The molecule has 1 aliphatic heterocycles. The van der Waals surface area contributed by atoms with E-state index in [9.17, 15) is 8.78 Å². The standard InChI is InChI=1S/C12H14F2N2OS/c1-2-8-7-18-12(15-8)16-9-5-3-4-6-10(9)17-11(13)14/h3-6,8,11H,2,7H2,1H3,(H,15,16). The Bertz CT molecular complexity index is 440. The number of hydrogen-bond acceptors (Lipinski definition) is 4. The van der Waals surface area contributed by atoms with Gasteiger partial charge in [0.15, 0.2) is 5.17 Å². The molecule has 6 heteroatoms. The minimum atomic E-state index is -2.82. The fourth-order valence-corrected chi connectivity index (χ4v) is 2.64. The van der Waals surface area contributed by atoms with Crippen molar-refractivity contribution in [2.24, 2.45) is 4.99 Å². The number of alkyl halides is 2. The molecular weight excluding hydrogens is 258 g/mol. The molecule has 0 fully saturated rings. The van der Waals surface area contributed by atoms with E-state index in [2.05, 4.69) is 22.0 Å². The molecular formula is C12H14F2N2OS. The summed E-state index contributed by atoms with van der Waals surface area (Å²) in [7, 11) is 0. The summed E-state index contributed by atoms with van der Waals surface area (Å²) in [5.74, 6) is 1.06. The summed E-state index contributed by atoms with van der Waals surface area (Å²) >= 11 is 1.59. The number of ether oxygens (including phenoxy) is 1. The molecule has 0 aromatic heterocycles. The van der Waals surface area contributed by atoms with Crippen molar-refractivity contribution in [3.8, 4) is 5.75 Å². The van der Waals surface area contributed by atoms with E-state index in [1.165, 1.54) is 6.07 Å². The van der Waals surface area contributed by atoms with Gasteiger partial charge in [-0.05, 0) is 18.6 Å². The van der Waals surface area contributed by atoms with Gasteiger partial charge in [-0.25, -0.2) is 0 Å². The summed E-state index contributed by atoms with van der Waals surface area (Å²) in [6.07, 6.45) is 0.980. The van der Waals surface area contributed by atoms with Crippen LogP contribution in [-0.2, 0) is 0 Å². The van der Waals surface area contributed by atoms with Crippen LogP contribution < -0.4 is 10.1 Å². The van der Waals surface area contributed by atoms with Crippen LogP contribution in [0.5, 0.6) is 5.75 Å². The van der Waals surface area contributed by atoms with E-state index in [0.29, 0.717) is 11.7 Å². The molecule has 0 bridgehead atoms. The lowest BCUT2D eigenvalue weighted by atomic mass is 10.3. The van der Waals surface area contributed by atoms with Crippen molar-refractivity contribution in [2.75, 3.05) is 11.1 Å². The van der Waals surface area contributed by atoms with Crippen LogP contribution in [0.3, 0.4) is 0 Å². The highest BCUT2D eigenvalue weighted by Gasteiger charge is 2.18. The van der Waals surface area contributed by atoms with Gasteiger partial charge in [-0.1, -0.05) is 30.8 Å². The van der Waals surface area contributed by atoms with Gasteiger partial charge < -0.3 is 10.1 Å². The van der Waals surface area contributed by atoms with Crippen LogP contribution in [-0.4, -0.2) is 23.6 Å². The Labute approximate surface area is 109 Å². The molecule has 1 unspecified atom stereocenters. The number of thioether (sulfide) groups is 1. The average Bonchev–Trinajstić information content (AvgIpc) is 2.79. The zero-order valence-corrected chi connectivity index (χ0v) is 10.7. The number of para-hydroxylation sites is 2. The fraction of sp³-hybridized carbons (Fsp3) is 0.417. The molecule has 0 amide bonds. The maximum Gasteiger partial charge on any atom is 0.387 e. The zero-order chi connectivity index (χ0) is 13.0.